The lowest BCUT2D eigenvalue weighted by molar-refractivity contribution is 0.0937. The number of aliphatic hydroxyl groups is 1. The molecule has 4 rings (SSSR count). The van der Waals surface area contributed by atoms with Crippen molar-refractivity contribution in [2.24, 2.45) is 0 Å². The number of ether oxygens (including phenoxy) is 2. The Kier molecular flexibility index (Phi) is 7.53. The molecule has 0 fully saturated rings. The molecule has 6 heteroatoms. The molecule has 0 aliphatic heterocycles. The molecule has 0 bridgehead atoms. The maximum Gasteiger partial charge on any atom is 0.163 e. The van der Waals surface area contributed by atoms with E-state index in [1.54, 1.807) is 43.8 Å². The van der Waals surface area contributed by atoms with Gasteiger partial charge in [0.1, 0.15) is 0 Å². The van der Waals surface area contributed by atoms with Gasteiger partial charge in [0.05, 0.1) is 31.7 Å². The van der Waals surface area contributed by atoms with Gasteiger partial charge in [0, 0.05) is 33.0 Å². The number of fused-ring (bicyclic) bond motifs is 1. The van der Waals surface area contributed by atoms with E-state index in [9.17, 15) is 9.90 Å². The van der Waals surface area contributed by atoms with E-state index in [1.807, 2.05) is 6.07 Å². The minimum absolute atomic E-state index is 0.0652. The molecule has 0 saturated carbocycles. The summed E-state index contributed by atoms with van der Waals surface area (Å²) in [4.78, 5) is 17.7. The maximum absolute atomic E-state index is 12.8. The van der Waals surface area contributed by atoms with Gasteiger partial charge in [-0.15, -0.1) is 11.3 Å². The molecule has 0 saturated heterocycles. The van der Waals surface area contributed by atoms with Crippen LogP contribution < -0.4 is 9.47 Å². The Hall–Kier alpha value is -3.22. The number of carbonyl (C=O) groups is 1. The number of hydrogen-bond donors (Lipinski definition) is 1. The van der Waals surface area contributed by atoms with Gasteiger partial charge in [0.2, 0.25) is 0 Å². The van der Waals surface area contributed by atoms with E-state index in [0.29, 0.717) is 22.8 Å². The molecule has 0 radical (unpaired) electrons. The molecule has 4 aromatic rings. The molecule has 0 aliphatic carbocycles. The Morgan fingerprint density at radius 2 is 1.83 bits per heavy atom. The van der Waals surface area contributed by atoms with Gasteiger partial charge < -0.3 is 14.6 Å². The zero-order valence-corrected chi connectivity index (χ0v) is 21.6. The number of Topliss-reactive ketones (excluding diaryl/α,β-unsaturated/α-hetero) is 1. The van der Waals surface area contributed by atoms with E-state index >= 15 is 0 Å². The molecule has 5 nitrogen and oxygen atoms in total. The maximum atomic E-state index is 12.8. The molecule has 2 aromatic carbocycles. The highest BCUT2D eigenvalue weighted by Gasteiger charge is 2.19. The second kappa shape index (κ2) is 10.6. The zero-order chi connectivity index (χ0) is 25.1. The molecular weight excluding hydrogens is 458 g/mol. The molecule has 0 aliphatic rings. The van der Waals surface area contributed by atoms with E-state index < -0.39 is 6.10 Å². The highest BCUT2D eigenvalue weighted by molar-refractivity contribution is 7.18. The van der Waals surface area contributed by atoms with Crippen molar-refractivity contribution in [1.29, 1.82) is 0 Å². The van der Waals surface area contributed by atoms with Gasteiger partial charge in [0.15, 0.2) is 17.3 Å². The molecule has 1 atom stereocenters. The summed E-state index contributed by atoms with van der Waals surface area (Å²) in [6, 6.07) is 15.5. The summed E-state index contributed by atoms with van der Waals surface area (Å²) in [5, 5.41) is 14.3. The van der Waals surface area contributed by atoms with Crippen molar-refractivity contribution in [3.8, 4) is 22.8 Å². The topological polar surface area (TPSA) is 68.7 Å². The molecule has 2 aromatic heterocycles. The summed E-state index contributed by atoms with van der Waals surface area (Å²) < 4.78 is 11.8. The van der Waals surface area contributed by atoms with E-state index in [-0.39, 0.29) is 24.5 Å². The van der Waals surface area contributed by atoms with Crippen molar-refractivity contribution >= 4 is 27.2 Å². The van der Waals surface area contributed by atoms with Crippen LogP contribution in [0.25, 0.3) is 21.3 Å². The number of hydrogen-bond acceptors (Lipinski definition) is 6. The van der Waals surface area contributed by atoms with Crippen molar-refractivity contribution in [3.63, 3.8) is 0 Å². The molecular formula is C29H31NO4S. The SMILES string of the molecule is COc1ccc(C(=O)CCC(O)c2cc(C(C)C)cc(-c3csc4c(C)cccc34)n2)cc1OC. The Morgan fingerprint density at radius 1 is 1.06 bits per heavy atom. The Bertz CT molecular complexity index is 1360. The van der Waals surface area contributed by atoms with Crippen molar-refractivity contribution in [2.45, 2.75) is 45.6 Å². The van der Waals surface area contributed by atoms with Gasteiger partial charge in [-0.05, 0) is 60.7 Å². The first kappa shape index (κ1) is 24.9. The van der Waals surface area contributed by atoms with Gasteiger partial charge in [-0.1, -0.05) is 32.0 Å². The molecule has 0 amide bonds. The van der Waals surface area contributed by atoms with Crippen LogP contribution in [0.3, 0.4) is 0 Å². The second-order valence-electron chi connectivity index (χ2n) is 9.01. The zero-order valence-electron chi connectivity index (χ0n) is 20.8. The molecule has 182 valence electrons. The van der Waals surface area contributed by atoms with E-state index in [1.165, 1.54) is 15.6 Å². The van der Waals surface area contributed by atoms with Gasteiger partial charge in [0.25, 0.3) is 0 Å². The number of nitrogens with zero attached hydrogens (tertiary/aromatic N) is 1. The largest absolute Gasteiger partial charge is 0.493 e. The summed E-state index contributed by atoms with van der Waals surface area (Å²) in [7, 11) is 3.10. The van der Waals surface area contributed by atoms with Gasteiger partial charge in [-0.2, -0.15) is 0 Å². The predicted molar refractivity (Wildman–Crippen MR) is 142 cm³/mol. The highest BCUT2D eigenvalue weighted by atomic mass is 32.1. The number of benzene rings is 2. The first-order valence-electron chi connectivity index (χ1n) is 11.7. The average Bonchev–Trinajstić information content (AvgIpc) is 3.31. The normalized spacial score (nSPS) is 12.2. The third-order valence-corrected chi connectivity index (χ3v) is 7.43. The Balaban J connectivity index is 1.59. The van der Waals surface area contributed by atoms with Crippen molar-refractivity contribution < 1.29 is 19.4 Å². The van der Waals surface area contributed by atoms with Crippen LogP contribution >= 0.6 is 11.3 Å². The summed E-state index contributed by atoms with van der Waals surface area (Å²) in [6.45, 7) is 6.38. The number of rotatable bonds is 9. The Labute approximate surface area is 210 Å². The predicted octanol–water partition coefficient (Wildman–Crippen LogP) is 7.11. The minimum atomic E-state index is -0.844. The van der Waals surface area contributed by atoms with E-state index in [0.717, 1.165) is 16.8 Å². The van der Waals surface area contributed by atoms with Crippen molar-refractivity contribution in [2.75, 3.05) is 14.2 Å². The number of methoxy groups -OCH3 is 2. The van der Waals surface area contributed by atoms with E-state index in [4.69, 9.17) is 14.5 Å². The summed E-state index contributed by atoms with van der Waals surface area (Å²) in [6.07, 6.45) is -0.367. The van der Waals surface area contributed by atoms with Crippen LogP contribution in [0.2, 0.25) is 0 Å². The second-order valence-corrected chi connectivity index (χ2v) is 9.89. The lowest BCUT2D eigenvalue weighted by atomic mass is 9.97. The number of pyridine rings is 1. The van der Waals surface area contributed by atoms with Crippen LogP contribution in [0.15, 0.2) is 53.9 Å². The first-order valence-corrected chi connectivity index (χ1v) is 12.6. The number of aromatic nitrogens is 1. The minimum Gasteiger partial charge on any atom is -0.493 e. The number of carbonyl (C=O) groups excluding carboxylic acids is 1. The number of ketones is 1. The fraction of sp³-hybridized carbons (Fsp3) is 0.310. The molecule has 35 heavy (non-hydrogen) atoms. The number of thiophene rings is 1. The average molecular weight is 490 g/mol. The van der Waals surface area contributed by atoms with Crippen LogP contribution in [0, 0.1) is 6.92 Å². The van der Waals surface area contributed by atoms with Crippen LogP contribution in [0.5, 0.6) is 11.5 Å². The van der Waals surface area contributed by atoms with Gasteiger partial charge >= 0.3 is 0 Å². The lowest BCUT2D eigenvalue weighted by Gasteiger charge is -2.15. The van der Waals surface area contributed by atoms with Crippen LogP contribution in [-0.4, -0.2) is 30.1 Å². The summed E-state index contributed by atoms with van der Waals surface area (Å²) >= 11 is 1.71. The molecule has 1 N–H and O–H groups in total. The fourth-order valence-electron chi connectivity index (χ4n) is 4.19. The summed E-state index contributed by atoms with van der Waals surface area (Å²) in [5.74, 6) is 1.29. The van der Waals surface area contributed by atoms with Gasteiger partial charge in [-0.3, -0.25) is 4.79 Å². The van der Waals surface area contributed by atoms with Crippen LogP contribution in [0.4, 0.5) is 0 Å². The van der Waals surface area contributed by atoms with Crippen LogP contribution in [0.1, 0.15) is 65.9 Å². The Morgan fingerprint density at radius 3 is 2.54 bits per heavy atom. The summed E-state index contributed by atoms with van der Waals surface area (Å²) in [5.41, 5.74) is 5.41. The third-order valence-electron chi connectivity index (χ3n) is 6.30. The van der Waals surface area contributed by atoms with E-state index in [2.05, 4.69) is 50.4 Å². The quantitative estimate of drug-likeness (QED) is 0.254. The van der Waals surface area contributed by atoms with Crippen molar-refractivity contribution in [1.82, 2.24) is 4.98 Å². The van der Waals surface area contributed by atoms with Crippen molar-refractivity contribution in [3.05, 3.63) is 76.3 Å². The molecule has 0 spiro atoms. The smallest absolute Gasteiger partial charge is 0.163 e. The van der Waals surface area contributed by atoms with Crippen LogP contribution in [-0.2, 0) is 0 Å². The molecule has 2 heterocycles. The third kappa shape index (κ3) is 5.24. The lowest BCUT2D eigenvalue weighted by Crippen LogP contribution is -2.07. The number of aliphatic hydroxyl groups excluding tert-OH is 1. The monoisotopic (exact) mass is 489 g/mol. The highest BCUT2D eigenvalue weighted by Crippen LogP contribution is 2.37. The molecule has 1 unspecified atom stereocenters. The first-order chi connectivity index (χ1) is 16.8. The van der Waals surface area contributed by atoms with Gasteiger partial charge in [-0.25, -0.2) is 4.98 Å². The fourth-order valence-corrected chi connectivity index (χ4v) is 5.23. The number of aryl methyl sites for hydroxylation is 1. The standard InChI is InChI=1S/C29H31NO4S/c1-17(2)20-13-23(22-16-35-29-18(3)7-6-8-21(22)29)30-24(14-20)26(32)11-10-25(31)19-9-12-27(33-4)28(15-19)34-5/h6-9,12-17,26,32H,10-11H2,1-5H3.